The number of aliphatic hydroxyl groups excluding tert-OH is 1. The van der Waals surface area contributed by atoms with E-state index in [0.29, 0.717) is 16.5 Å². The van der Waals surface area contributed by atoms with Crippen LogP contribution < -0.4 is 5.32 Å². The van der Waals surface area contributed by atoms with Crippen molar-refractivity contribution in [3.63, 3.8) is 0 Å². The first-order chi connectivity index (χ1) is 9.13. The van der Waals surface area contributed by atoms with Gasteiger partial charge in [0.25, 0.3) is 0 Å². The number of amides is 1. The summed E-state index contributed by atoms with van der Waals surface area (Å²) in [7, 11) is 0. The summed E-state index contributed by atoms with van der Waals surface area (Å²) in [5.41, 5.74) is 1.14. The molecule has 0 unspecified atom stereocenters. The van der Waals surface area contributed by atoms with Crippen LogP contribution in [0, 0.1) is 6.92 Å². The van der Waals surface area contributed by atoms with E-state index in [2.05, 4.69) is 25.8 Å². The fourth-order valence-corrected chi connectivity index (χ4v) is 2.13. The highest BCUT2D eigenvalue weighted by molar-refractivity contribution is 7.15. The van der Waals surface area contributed by atoms with E-state index in [-0.39, 0.29) is 19.1 Å². The molecule has 0 saturated carbocycles. The number of aliphatic hydroxyl groups is 1. The second-order valence-corrected chi connectivity index (χ2v) is 4.90. The molecule has 0 radical (unpaired) electrons. The molecule has 9 heteroatoms. The zero-order chi connectivity index (χ0) is 13.8. The minimum atomic E-state index is -0.253. The van der Waals surface area contributed by atoms with Gasteiger partial charge < -0.3 is 5.11 Å². The normalized spacial score (nSPS) is 10.7. The van der Waals surface area contributed by atoms with Crippen molar-refractivity contribution in [2.45, 2.75) is 33.4 Å². The van der Waals surface area contributed by atoms with E-state index in [4.69, 9.17) is 5.11 Å². The molecular formula is C10H14N6O2S. The van der Waals surface area contributed by atoms with Crippen molar-refractivity contribution in [1.29, 1.82) is 0 Å². The predicted octanol–water partition coefficient (Wildman–Crippen LogP) is 0.131. The third-order valence-electron chi connectivity index (χ3n) is 2.54. The van der Waals surface area contributed by atoms with Crippen LogP contribution in [0.4, 0.5) is 5.13 Å². The monoisotopic (exact) mass is 282 g/mol. The lowest BCUT2D eigenvalue weighted by Crippen LogP contribution is -2.20. The molecule has 0 aromatic carbocycles. The fraction of sp³-hybridized carbons (Fsp3) is 0.500. The Kier molecular flexibility index (Phi) is 4.17. The first-order valence-electron chi connectivity index (χ1n) is 5.76. The van der Waals surface area contributed by atoms with Gasteiger partial charge in [0.15, 0.2) is 0 Å². The van der Waals surface area contributed by atoms with Gasteiger partial charge in [-0.1, -0.05) is 23.5 Å². The van der Waals surface area contributed by atoms with Gasteiger partial charge in [-0.15, -0.1) is 15.3 Å². The van der Waals surface area contributed by atoms with Gasteiger partial charge in [0.05, 0.1) is 12.3 Å². The molecule has 8 nitrogen and oxygen atoms in total. The number of nitrogens with one attached hydrogen (secondary N) is 1. The first-order valence-corrected chi connectivity index (χ1v) is 6.57. The maximum Gasteiger partial charge on any atom is 0.248 e. The smallest absolute Gasteiger partial charge is 0.248 e. The van der Waals surface area contributed by atoms with Crippen LogP contribution in [0.2, 0.25) is 0 Å². The van der Waals surface area contributed by atoms with Crippen molar-refractivity contribution in [3.05, 3.63) is 16.4 Å². The summed E-state index contributed by atoms with van der Waals surface area (Å²) < 4.78 is 1.43. The van der Waals surface area contributed by atoms with Gasteiger partial charge in [-0.2, -0.15) is 0 Å². The van der Waals surface area contributed by atoms with Crippen LogP contribution in [0.5, 0.6) is 0 Å². The Bertz CT molecular complexity index is 578. The molecule has 1 amide bonds. The van der Waals surface area contributed by atoms with Crippen molar-refractivity contribution in [2.75, 3.05) is 5.32 Å². The van der Waals surface area contributed by atoms with E-state index in [1.807, 2.05) is 6.92 Å². The van der Waals surface area contributed by atoms with Gasteiger partial charge in [0.1, 0.15) is 17.2 Å². The highest BCUT2D eigenvalue weighted by Crippen LogP contribution is 2.15. The number of nitrogens with zero attached hydrogens (tertiary/aromatic N) is 5. The molecule has 0 aliphatic carbocycles. The highest BCUT2D eigenvalue weighted by atomic mass is 32.1. The van der Waals surface area contributed by atoms with Crippen LogP contribution in [0.3, 0.4) is 0 Å². The quantitative estimate of drug-likeness (QED) is 0.807. The third kappa shape index (κ3) is 3.12. The molecule has 2 rings (SSSR count). The molecule has 0 fully saturated rings. The minimum absolute atomic E-state index is 0.0277. The van der Waals surface area contributed by atoms with Gasteiger partial charge >= 0.3 is 0 Å². The number of rotatable bonds is 5. The van der Waals surface area contributed by atoms with Gasteiger partial charge in [-0.05, 0) is 13.3 Å². The summed E-state index contributed by atoms with van der Waals surface area (Å²) in [6.07, 6.45) is 0.787. The molecule has 0 bridgehead atoms. The minimum Gasteiger partial charge on any atom is -0.390 e. The van der Waals surface area contributed by atoms with Crippen LogP contribution in [-0.2, 0) is 24.4 Å². The second kappa shape index (κ2) is 5.85. The summed E-state index contributed by atoms with van der Waals surface area (Å²) in [6.45, 7) is 3.56. The number of hydrogen-bond donors (Lipinski definition) is 2. The Labute approximate surface area is 113 Å². The largest absolute Gasteiger partial charge is 0.390 e. The summed E-state index contributed by atoms with van der Waals surface area (Å²) in [6, 6.07) is 0. The topological polar surface area (TPSA) is 106 Å². The van der Waals surface area contributed by atoms with Gasteiger partial charge in [-0.3, -0.25) is 10.1 Å². The molecule has 19 heavy (non-hydrogen) atoms. The second-order valence-electron chi connectivity index (χ2n) is 3.84. The summed E-state index contributed by atoms with van der Waals surface area (Å²) >= 11 is 1.35. The maximum atomic E-state index is 11.8. The summed E-state index contributed by atoms with van der Waals surface area (Å²) in [5, 5.41) is 28.3. The van der Waals surface area contributed by atoms with E-state index in [1.165, 1.54) is 16.0 Å². The maximum absolute atomic E-state index is 11.8. The molecule has 2 aromatic rings. The number of hydrogen-bond acceptors (Lipinski definition) is 7. The number of carbonyl (C=O) groups excluding carboxylic acids is 1. The zero-order valence-corrected chi connectivity index (χ0v) is 11.4. The van der Waals surface area contributed by atoms with E-state index in [0.717, 1.165) is 11.4 Å². The van der Waals surface area contributed by atoms with E-state index >= 15 is 0 Å². The van der Waals surface area contributed by atoms with Gasteiger partial charge in [0, 0.05) is 0 Å². The first kappa shape index (κ1) is 13.6. The molecule has 2 N–H and O–H groups in total. The van der Waals surface area contributed by atoms with Crippen LogP contribution >= 0.6 is 11.3 Å². The molecule has 0 aliphatic heterocycles. The number of aromatic nitrogens is 5. The van der Waals surface area contributed by atoms with Crippen molar-refractivity contribution in [2.24, 2.45) is 0 Å². The Balaban J connectivity index is 1.99. The van der Waals surface area contributed by atoms with Crippen LogP contribution in [0.25, 0.3) is 0 Å². The Morgan fingerprint density at radius 2 is 2.21 bits per heavy atom. The van der Waals surface area contributed by atoms with Gasteiger partial charge in [0.2, 0.25) is 11.0 Å². The van der Waals surface area contributed by atoms with Gasteiger partial charge in [-0.25, -0.2) is 4.68 Å². The number of aryl methyl sites for hydroxylation is 1. The predicted molar refractivity (Wildman–Crippen MR) is 68.6 cm³/mol. The SMILES string of the molecule is CCc1nnc(NC(=O)Cn2nnc(CO)c2C)s1. The molecular weight excluding hydrogens is 268 g/mol. The lowest BCUT2D eigenvalue weighted by Gasteiger charge is -2.02. The number of anilines is 1. The standard InChI is InChI=1S/C10H14N6O2S/c1-3-9-13-14-10(19-9)11-8(18)4-16-6(2)7(5-17)12-15-16/h17H,3-5H2,1-2H3,(H,11,14,18). The molecule has 102 valence electrons. The zero-order valence-electron chi connectivity index (χ0n) is 10.6. The van der Waals surface area contributed by atoms with Crippen molar-refractivity contribution >= 4 is 22.4 Å². The van der Waals surface area contributed by atoms with Crippen molar-refractivity contribution < 1.29 is 9.90 Å². The molecule has 2 aromatic heterocycles. The molecule has 0 aliphatic rings. The van der Waals surface area contributed by atoms with E-state index in [1.54, 1.807) is 6.92 Å². The lowest BCUT2D eigenvalue weighted by molar-refractivity contribution is -0.117. The average Bonchev–Trinajstić information content (AvgIpc) is 2.97. The molecule has 0 atom stereocenters. The van der Waals surface area contributed by atoms with Crippen LogP contribution in [0.1, 0.15) is 23.3 Å². The lowest BCUT2D eigenvalue weighted by atomic mass is 10.3. The molecule has 0 spiro atoms. The van der Waals surface area contributed by atoms with E-state index < -0.39 is 0 Å². The van der Waals surface area contributed by atoms with Crippen LogP contribution in [-0.4, -0.2) is 36.2 Å². The Hall–Kier alpha value is -1.87. The van der Waals surface area contributed by atoms with E-state index in [9.17, 15) is 4.79 Å². The molecule has 2 heterocycles. The van der Waals surface area contributed by atoms with Crippen molar-refractivity contribution in [1.82, 2.24) is 25.2 Å². The van der Waals surface area contributed by atoms with Crippen LogP contribution in [0.15, 0.2) is 0 Å². The third-order valence-corrected chi connectivity index (χ3v) is 3.52. The summed E-state index contributed by atoms with van der Waals surface area (Å²) in [5.74, 6) is -0.253. The number of carbonyl (C=O) groups is 1. The highest BCUT2D eigenvalue weighted by Gasteiger charge is 2.12. The molecule has 0 saturated heterocycles. The van der Waals surface area contributed by atoms with Crippen molar-refractivity contribution in [3.8, 4) is 0 Å². The average molecular weight is 282 g/mol. The summed E-state index contributed by atoms with van der Waals surface area (Å²) in [4.78, 5) is 11.8. The fourth-order valence-electron chi connectivity index (χ4n) is 1.43. The Morgan fingerprint density at radius 3 is 2.79 bits per heavy atom. The Morgan fingerprint density at radius 1 is 1.42 bits per heavy atom.